The normalized spacial score (nSPS) is 27.3. The molecule has 2 aromatic heterocycles. The van der Waals surface area contributed by atoms with Crippen molar-refractivity contribution in [2.75, 3.05) is 31.2 Å². The Hall–Kier alpha value is -2.98. The molecule has 6 heterocycles. The van der Waals surface area contributed by atoms with E-state index in [2.05, 4.69) is 56.9 Å². The summed E-state index contributed by atoms with van der Waals surface area (Å²) in [6.45, 7) is 8.12. The van der Waals surface area contributed by atoms with Crippen LogP contribution in [0.15, 0.2) is 53.5 Å². The zero-order valence-electron chi connectivity index (χ0n) is 22.2. The Morgan fingerprint density at radius 1 is 1.16 bits per heavy atom. The third-order valence-electron chi connectivity index (χ3n) is 9.07. The van der Waals surface area contributed by atoms with Gasteiger partial charge in [-0.15, -0.1) is 0 Å². The van der Waals surface area contributed by atoms with Crippen LogP contribution in [-0.4, -0.2) is 75.8 Å². The van der Waals surface area contributed by atoms with Crippen LogP contribution < -0.4 is 10.5 Å². The number of piperazine rings is 1. The van der Waals surface area contributed by atoms with Crippen LogP contribution in [0.2, 0.25) is 6.82 Å². The summed E-state index contributed by atoms with van der Waals surface area (Å²) >= 11 is 0. The molecule has 8 nitrogen and oxygen atoms in total. The standard InChI is InChI=1S/C29H34BN5O3/c1-18-13-33(26-12-28(36)32(3)29-25(26)5-4-8-31-29)15-27-24-7-6-19(9-21(24)14-34(18)27)20-10-22-16-38-17-23(11-20)35(22)30(2)37/h4-10,12,18,22-23,27,37H,11,13-17H2,1-3H3/t18-,22-,23+,27-/m1/s1. The molecule has 7 rings (SSSR count). The maximum Gasteiger partial charge on any atom is 0.377 e. The number of nitrogens with zero attached hydrogens (tertiary/aromatic N) is 5. The number of ether oxygens (including phenoxy) is 1. The van der Waals surface area contributed by atoms with Gasteiger partial charge in [0.05, 0.1) is 24.9 Å². The quantitative estimate of drug-likeness (QED) is 0.542. The highest BCUT2D eigenvalue weighted by Gasteiger charge is 2.41. The molecule has 0 aliphatic carbocycles. The Morgan fingerprint density at radius 2 is 2.03 bits per heavy atom. The molecule has 4 aliphatic rings. The fourth-order valence-electron chi connectivity index (χ4n) is 7.26. The van der Waals surface area contributed by atoms with Crippen LogP contribution in [0.4, 0.5) is 5.69 Å². The summed E-state index contributed by atoms with van der Waals surface area (Å²) in [5.41, 5.74) is 7.13. The summed E-state index contributed by atoms with van der Waals surface area (Å²) in [6.07, 6.45) is 4.94. The van der Waals surface area contributed by atoms with Gasteiger partial charge in [0.25, 0.3) is 5.56 Å². The van der Waals surface area contributed by atoms with Crippen molar-refractivity contribution in [3.05, 3.63) is 75.7 Å². The number of rotatable bonds is 3. The molecule has 1 N–H and O–H groups in total. The van der Waals surface area contributed by atoms with E-state index in [4.69, 9.17) is 4.74 Å². The second-order valence-corrected chi connectivity index (χ2v) is 11.4. The van der Waals surface area contributed by atoms with Crippen molar-refractivity contribution in [3.8, 4) is 0 Å². The Morgan fingerprint density at radius 3 is 2.84 bits per heavy atom. The molecular weight excluding hydrogens is 477 g/mol. The number of benzene rings is 1. The average Bonchev–Trinajstić information content (AvgIpc) is 3.28. The molecule has 4 atom stereocenters. The van der Waals surface area contributed by atoms with Crippen molar-refractivity contribution in [2.45, 2.75) is 50.9 Å². The number of hydrogen-bond acceptors (Lipinski definition) is 7. The van der Waals surface area contributed by atoms with Crippen molar-refractivity contribution in [2.24, 2.45) is 7.05 Å². The van der Waals surface area contributed by atoms with Gasteiger partial charge < -0.3 is 19.5 Å². The van der Waals surface area contributed by atoms with Gasteiger partial charge in [0.1, 0.15) is 5.65 Å². The molecule has 9 heteroatoms. The van der Waals surface area contributed by atoms with E-state index in [9.17, 15) is 9.82 Å². The van der Waals surface area contributed by atoms with Crippen molar-refractivity contribution < 1.29 is 9.76 Å². The molecule has 1 aromatic carbocycles. The van der Waals surface area contributed by atoms with E-state index in [1.165, 1.54) is 22.3 Å². The average molecular weight is 511 g/mol. The molecule has 0 radical (unpaired) electrons. The second-order valence-electron chi connectivity index (χ2n) is 11.4. The van der Waals surface area contributed by atoms with Crippen LogP contribution in [0.3, 0.4) is 0 Å². The van der Waals surface area contributed by atoms with Gasteiger partial charge in [-0.25, -0.2) is 4.98 Å². The first kappa shape index (κ1) is 24.1. The lowest BCUT2D eigenvalue weighted by Gasteiger charge is -2.45. The third kappa shape index (κ3) is 3.75. The molecule has 0 saturated carbocycles. The van der Waals surface area contributed by atoms with Gasteiger partial charge in [-0.05, 0) is 60.6 Å². The van der Waals surface area contributed by atoms with Crippen molar-refractivity contribution in [1.29, 1.82) is 0 Å². The van der Waals surface area contributed by atoms with Crippen LogP contribution in [0.5, 0.6) is 0 Å². The molecule has 2 saturated heterocycles. The van der Waals surface area contributed by atoms with E-state index in [0.717, 1.165) is 42.8 Å². The molecule has 4 aliphatic heterocycles. The smallest absolute Gasteiger partial charge is 0.377 e. The van der Waals surface area contributed by atoms with Crippen LogP contribution in [-0.2, 0) is 18.3 Å². The maximum atomic E-state index is 12.8. The molecule has 2 bridgehead atoms. The lowest BCUT2D eigenvalue weighted by molar-refractivity contribution is -0.00208. The lowest BCUT2D eigenvalue weighted by Crippen LogP contribution is -2.59. The number of aryl methyl sites for hydroxylation is 1. The fraction of sp³-hybridized carbons (Fsp3) is 0.448. The Balaban J connectivity index is 1.20. The maximum absolute atomic E-state index is 12.8. The van der Waals surface area contributed by atoms with E-state index in [-0.39, 0.29) is 23.7 Å². The highest BCUT2D eigenvalue weighted by atomic mass is 16.5. The first-order valence-corrected chi connectivity index (χ1v) is 13.7. The summed E-state index contributed by atoms with van der Waals surface area (Å²) in [6, 6.07) is 13.8. The van der Waals surface area contributed by atoms with Crippen LogP contribution in [0.25, 0.3) is 16.6 Å². The van der Waals surface area contributed by atoms with Gasteiger partial charge in [0.15, 0.2) is 0 Å². The van der Waals surface area contributed by atoms with Gasteiger partial charge in [-0.2, -0.15) is 0 Å². The van der Waals surface area contributed by atoms with Crippen molar-refractivity contribution in [3.63, 3.8) is 0 Å². The van der Waals surface area contributed by atoms with E-state index in [1.54, 1.807) is 23.9 Å². The first-order chi connectivity index (χ1) is 18.4. The van der Waals surface area contributed by atoms with E-state index < -0.39 is 7.05 Å². The number of pyridine rings is 2. The predicted molar refractivity (Wildman–Crippen MR) is 150 cm³/mol. The van der Waals surface area contributed by atoms with Crippen LogP contribution >= 0.6 is 0 Å². The Labute approximate surface area is 223 Å². The fourth-order valence-corrected chi connectivity index (χ4v) is 7.26. The molecule has 3 aromatic rings. The zero-order chi connectivity index (χ0) is 26.1. The van der Waals surface area contributed by atoms with Gasteiger partial charge in [-0.1, -0.05) is 18.2 Å². The summed E-state index contributed by atoms with van der Waals surface area (Å²) in [5, 5.41) is 11.3. The number of fused-ring (bicyclic) bond motifs is 6. The first-order valence-electron chi connectivity index (χ1n) is 13.7. The molecule has 0 amide bonds. The minimum absolute atomic E-state index is 0.0252. The number of hydrogen-bond donors (Lipinski definition) is 1. The highest BCUT2D eigenvalue weighted by molar-refractivity contribution is 6.45. The van der Waals surface area contributed by atoms with Gasteiger partial charge in [0.2, 0.25) is 0 Å². The highest BCUT2D eigenvalue weighted by Crippen LogP contribution is 2.42. The number of aromatic nitrogens is 2. The summed E-state index contributed by atoms with van der Waals surface area (Å²) in [4.78, 5) is 24.5. The Kier molecular flexibility index (Phi) is 5.74. The molecule has 2 fully saturated rings. The molecule has 196 valence electrons. The Bertz CT molecular complexity index is 1500. The van der Waals surface area contributed by atoms with Crippen molar-refractivity contribution in [1.82, 2.24) is 19.3 Å². The van der Waals surface area contributed by atoms with Crippen LogP contribution in [0, 0.1) is 0 Å². The largest absolute Gasteiger partial charge is 0.437 e. The van der Waals surface area contributed by atoms with Crippen LogP contribution in [0.1, 0.15) is 36.1 Å². The minimum Gasteiger partial charge on any atom is -0.437 e. The van der Waals surface area contributed by atoms with Gasteiger partial charge in [0, 0.05) is 62.5 Å². The second kappa shape index (κ2) is 9.05. The van der Waals surface area contributed by atoms with E-state index in [1.807, 2.05) is 12.9 Å². The van der Waals surface area contributed by atoms with E-state index in [0.29, 0.717) is 19.3 Å². The SMILES string of the molecule is CB(O)N1[C@@H]2COC[C@H]1C=C(c1ccc3c(c1)CN1[C@H](C)CN(c4cc(=O)n(C)c5ncccc45)C[C@H]31)C2. The topological polar surface area (TPSA) is 74.1 Å². The van der Waals surface area contributed by atoms with Crippen molar-refractivity contribution >= 4 is 29.3 Å². The summed E-state index contributed by atoms with van der Waals surface area (Å²) in [7, 11) is 1.32. The van der Waals surface area contributed by atoms with Gasteiger partial charge >= 0.3 is 7.05 Å². The minimum atomic E-state index is -0.468. The summed E-state index contributed by atoms with van der Waals surface area (Å²) < 4.78 is 7.44. The molecule has 38 heavy (non-hydrogen) atoms. The lowest BCUT2D eigenvalue weighted by atomic mass is 9.76. The molecule has 0 unspecified atom stereocenters. The zero-order valence-corrected chi connectivity index (χ0v) is 22.2. The summed E-state index contributed by atoms with van der Waals surface area (Å²) in [5.74, 6) is 0. The number of anilines is 1. The number of morpholine rings is 1. The third-order valence-corrected chi connectivity index (χ3v) is 9.07. The molecular formula is C29H34BN5O3. The predicted octanol–water partition coefficient (Wildman–Crippen LogP) is 2.67. The van der Waals surface area contributed by atoms with E-state index >= 15 is 0 Å². The molecule has 0 spiro atoms. The van der Waals surface area contributed by atoms with Gasteiger partial charge in [-0.3, -0.25) is 14.3 Å². The monoisotopic (exact) mass is 511 g/mol.